The standard InChI is InChI=1S/C13H5Br2FO2S/c14-8-5-11(19-13(8)15)12(17)10-4-6-3-7(16)1-2-9(6)18-10/h1-5H. The smallest absolute Gasteiger partial charge is 0.238 e. The Morgan fingerprint density at radius 2 is 2.00 bits per heavy atom. The zero-order valence-corrected chi connectivity index (χ0v) is 13.2. The maximum Gasteiger partial charge on any atom is 0.238 e. The summed E-state index contributed by atoms with van der Waals surface area (Å²) in [4.78, 5) is 12.8. The molecule has 0 saturated heterocycles. The van der Waals surface area contributed by atoms with Gasteiger partial charge in [0.2, 0.25) is 5.78 Å². The first-order valence-corrected chi connectivity index (χ1v) is 7.63. The highest BCUT2D eigenvalue weighted by Crippen LogP contribution is 2.34. The number of thiophene rings is 1. The third-order valence-electron chi connectivity index (χ3n) is 2.57. The molecule has 3 aromatic rings. The Morgan fingerprint density at radius 1 is 1.21 bits per heavy atom. The van der Waals surface area contributed by atoms with E-state index in [0.717, 1.165) is 8.26 Å². The van der Waals surface area contributed by atoms with E-state index in [9.17, 15) is 9.18 Å². The van der Waals surface area contributed by atoms with E-state index in [1.54, 1.807) is 12.1 Å². The number of fused-ring (bicyclic) bond motifs is 1. The number of halogens is 3. The van der Waals surface area contributed by atoms with Crippen molar-refractivity contribution < 1.29 is 13.6 Å². The fraction of sp³-hybridized carbons (Fsp3) is 0. The van der Waals surface area contributed by atoms with Crippen LogP contribution in [-0.4, -0.2) is 5.78 Å². The van der Waals surface area contributed by atoms with Gasteiger partial charge in [0.25, 0.3) is 0 Å². The van der Waals surface area contributed by atoms with Crippen LogP contribution in [0, 0.1) is 5.82 Å². The van der Waals surface area contributed by atoms with E-state index in [0.29, 0.717) is 15.8 Å². The van der Waals surface area contributed by atoms with Gasteiger partial charge in [0.1, 0.15) is 11.4 Å². The van der Waals surface area contributed by atoms with Crippen molar-refractivity contribution in [1.82, 2.24) is 0 Å². The molecule has 0 aliphatic rings. The minimum Gasteiger partial charge on any atom is -0.453 e. The van der Waals surface area contributed by atoms with Gasteiger partial charge in [0.05, 0.1) is 8.66 Å². The second-order valence-electron chi connectivity index (χ2n) is 3.85. The largest absolute Gasteiger partial charge is 0.453 e. The van der Waals surface area contributed by atoms with Crippen LogP contribution in [0.3, 0.4) is 0 Å². The number of benzene rings is 1. The lowest BCUT2D eigenvalue weighted by atomic mass is 10.2. The van der Waals surface area contributed by atoms with E-state index in [-0.39, 0.29) is 17.4 Å². The average molecular weight is 404 g/mol. The molecule has 0 aliphatic heterocycles. The van der Waals surface area contributed by atoms with E-state index < -0.39 is 0 Å². The van der Waals surface area contributed by atoms with Gasteiger partial charge in [-0.3, -0.25) is 4.79 Å². The lowest BCUT2D eigenvalue weighted by molar-refractivity contribution is 0.101. The Bertz CT molecular complexity index is 772. The first kappa shape index (κ1) is 13.0. The van der Waals surface area contributed by atoms with Crippen molar-refractivity contribution in [1.29, 1.82) is 0 Å². The minimum atomic E-state index is -0.353. The lowest BCUT2D eigenvalue weighted by Crippen LogP contribution is -1.95. The van der Waals surface area contributed by atoms with Crippen molar-refractivity contribution in [3.63, 3.8) is 0 Å². The van der Waals surface area contributed by atoms with E-state index in [2.05, 4.69) is 31.9 Å². The second-order valence-corrected chi connectivity index (χ2v) is 7.08. The molecule has 3 rings (SSSR count). The summed E-state index contributed by atoms with van der Waals surface area (Å²) < 4.78 is 20.2. The zero-order valence-electron chi connectivity index (χ0n) is 9.25. The molecule has 2 aromatic heterocycles. The van der Waals surface area contributed by atoms with Gasteiger partial charge in [0.15, 0.2) is 5.76 Å². The molecule has 0 N–H and O–H groups in total. The zero-order chi connectivity index (χ0) is 13.6. The van der Waals surface area contributed by atoms with Crippen LogP contribution in [0.15, 0.2) is 43.0 Å². The van der Waals surface area contributed by atoms with Gasteiger partial charge in [-0.25, -0.2) is 4.39 Å². The fourth-order valence-corrected chi connectivity index (χ4v) is 3.69. The molecule has 0 unspecified atom stereocenters. The van der Waals surface area contributed by atoms with Gasteiger partial charge >= 0.3 is 0 Å². The van der Waals surface area contributed by atoms with Crippen molar-refractivity contribution >= 4 is 59.9 Å². The van der Waals surface area contributed by atoms with Crippen molar-refractivity contribution in [2.75, 3.05) is 0 Å². The molecular weight excluding hydrogens is 399 g/mol. The van der Waals surface area contributed by atoms with Gasteiger partial charge in [-0.2, -0.15) is 0 Å². The molecule has 2 nitrogen and oxygen atoms in total. The predicted octanol–water partition coefficient (Wildman–Crippen LogP) is 5.39. The number of ketones is 1. The summed E-state index contributed by atoms with van der Waals surface area (Å²) in [5.41, 5.74) is 0.499. The molecule has 0 bridgehead atoms. The number of carbonyl (C=O) groups is 1. The number of carbonyl (C=O) groups excluding carboxylic acids is 1. The maximum atomic E-state index is 13.1. The number of rotatable bonds is 2. The van der Waals surface area contributed by atoms with Gasteiger partial charge < -0.3 is 4.42 Å². The van der Waals surface area contributed by atoms with E-state index in [1.807, 2.05) is 0 Å². The molecular formula is C13H5Br2FO2S. The SMILES string of the molecule is O=C(c1cc2cc(F)ccc2o1)c1cc(Br)c(Br)s1. The third kappa shape index (κ3) is 2.40. The first-order valence-electron chi connectivity index (χ1n) is 5.23. The molecule has 0 spiro atoms. The predicted molar refractivity (Wildman–Crippen MR) is 79.3 cm³/mol. The quantitative estimate of drug-likeness (QED) is 0.537. The van der Waals surface area contributed by atoms with Crippen LogP contribution < -0.4 is 0 Å². The fourth-order valence-electron chi connectivity index (χ4n) is 1.71. The van der Waals surface area contributed by atoms with Crippen LogP contribution in [0.4, 0.5) is 4.39 Å². The second kappa shape index (κ2) is 4.85. The van der Waals surface area contributed by atoms with Gasteiger partial charge in [0, 0.05) is 9.86 Å². The molecule has 19 heavy (non-hydrogen) atoms. The maximum absolute atomic E-state index is 13.1. The minimum absolute atomic E-state index is 0.210. The number of hydrogen-bond acceptors (Lipinski definition) is 3. The van der Waals surface area contributed by atoms with Crippen molar-refractivity contribution in [2.45, 2.75) is 0 Å². The third-order valence-corrected chi connectivity index (χ3v) is 5.83. The van der Waals surface area contributed by atoms with Crippen LogP contribution in [0.1, 0.15) is 15.4 Å². The Balaban J connectivity index is 2.06. The summed E-state index contributed by atoms with van der Waals surface area (Å²) in [6.07, 6.45) is 0. The average Bonchev–Trinajstić information content (AvgIpc) is 2.92. The Hall–Kier alpha value is -0.980. The molecule has 6 heteroatoms. The van der Waals surface area contributed by atoms with E-state index in [4.69, 9.17) is 4.42 Å². The van der Waals surface area contributed by atoms with Crippen molar-refractivity contribution in [3.05, 3.63) is 55.0 Å². The Kier molecular flexibility index (Phi) is 3.32. The van der Waals surface area contributed by atoms with Crippen LogP contribution in [-0.2, 0) is 0 Å². The van der Waals surface area contributed by atoms with Crippen molar-refractivity contribution in [3.8, 4) is 0 Å². The van der Waals surface area contributed by atoms with Crippen LogP contribution in [0.2, 0.25) is 0 Å². The topological polar surface area (TPSA) is 30.2 Å². The highest BCUT2D eigenvalue weighted by molar-refractivity contribution is 9.13. The summed E-state index contributed by atoms with van der Waals surface area (Å²) in [6.45, 7) is 0. The summed E-state index contributed by atoms with van der Waals surface area (Å²) in [7, 11) is 0. The van der Waals surface area contributed by atoms with Gasteiger partial charge in [-0.1, -0.05) is 0 Å². The molecule has 0 atom stereocenters. The lowest BCUT2D eigenvalue weighted by Gasteiger charge is -1.90. The highest BCUT2D eigenvalue weighted by Gasteiger charge is 2.18. The molecule has 1 aromatic carbocycles. The molecule has 2 heterocycles. The van der Waals surface area contributed by atoms with Crippen LogP contribution >= 0.6 is 43.2 Å². The number of furan rings is 1. The summed E-state index contributed by atoms with van der Waals surface area (Å²) in [6, 6.07) is 7.45. The molecule has 96 valence electrons. The van der Waals surface area contributed by atoms with E-state index >= 15 is 0 Å². The summed E-state index contributed by atoms with van der Waals surface area (Å²) >= 11 is 7.99. The van der Waals surface area contributed by atoms with Gasteiger partial charge in [-0.15, -0.1) is 11.3 Å². The summed E-state index contributed by atoms with van der Waals surface area (Å²) in [5, 5.41) is 0.582. The van der Waals surface area contributed by atoms with Gasteiger partial charge in [-0.05, 0) is 62.2 Å². The molecule has 0 saturated carbocycles. The van der Waals surface area contributed by atoms with Crippen LogP contribution in [0.25, 0.3) is 11.0 Å². The Morgan fingerprint density at radius 3 is 2.68 bits per heavy atom. The monoisotopic (exact) mass is 402 g/mol. The van der Waals surface area contributed by atoms with Crippen LogP contribution in [0.5, 0.6) is 0 Å². The normalized spacial score (nSPS) is 11.1. The Labute approximate surface area is 128 Å². The molecule has 0 amide bonds. The molecule has 0 fully saturated rings. The highest BCUT2D eigenvalue weighted by atomic mass is 79.9. The summed E-state index contributed by atoms with van der Waals surface area (Å²) in [5.74, 6) is -0.358. The molecule has 0 aliphatic carbocycles. The number of hydrogen-bond donors (Lipinski definition) is 0. The van der Waals surface area contributed by atoms with E-state index in [1.165, 1.54) is 29.5 Å². The first-order chi connectivity index (χ1) is 9.04. The molecule has 0 radical (unpaired) electrons. The van der Waals surface area contributed by atoms with Crippen molar-refractivity contribution in [2.24, 2.45) is 0 Å².